The van der Waals surface area contributed by atoms with Crippen LogP contribution in [0.25, 0.3) is 0 Å². The molecule has 0 spiro atoms. The van der Waals surface area contributed by atoms with Crippen LogP contribution in [0.4, 0.5) is 5.69 Å². The molecule has 0 fully saturated rings. The van der Waals surface area contributed by atoms with E-state index in [0.29, 0.717) is 0 Å². The molecule has 0 radical (unpaired) electrons. The number of hydrogen-bond acceptors (Lipinski definition) is 4. The zero-order valence-electron chi connectivity index (χ0n) is 7.64. The molecule has 0 aliphatic carbocycles. The van der Waals surface area contributed by atoms with Crippen LogP contribution in [0, 0.1) is 0 Å². The molecule has 1 aromatic carbocycles. The van der Waals surface area contributed by atoms with Gasteiger partial charge >= 0.3 is 11.9 Å². The second-order valence-electron chi connectivity index (χ2n) is 2.71. The van der Waals surface area contributed by atoms with E-state index in [4.69, 9.17) is 20.7 Å². The zero-order valence-corrected chi connectivity index (χ0v) is 7.64. The first-order chi connectivity index (χ1) is 7.02. The van der Waals surface area contributed by atoms with Crippen molar-refractivity contribution in [2.24, 2.45) is 0 Å². The van der Waals surface area contributed by atoms with Gasteiger partial charge in [-0.15, -0.1) is 0 Å². The highest BCUT2D eigenvalue weighted by Crippen LogP contribution is 2.26. The molecule has 1 rings (SSSR count). The number of hydrogen-bond donors (Lipinski definition) is 3. The minimum Gasteiger partial charge on any atom is -0.479 e. The quantitative estimate of drug-likeness (QED) is 0.623. The number of nitrogen functional groups attached to an aromatic ring is 1. The minimum atomic E-state index is -1.22. The Morgan fingerprint density at radius 3 is 2.53 bits per heavy atom. The van der Waals surface area contributed by atoms with Gasteiger partial charge in [-0.05, 0) is 12.1 Å². The average molecular weight is 211 g/mol. The minimum absolute atomic E-state index is 0.0937. The van der Waals surface area contributed by atoms with E-state index in [-0.39, 0.29) is 17.0 Å². The first kappa shape index (κ1) is 10.8. The van der Waals surface area contributed by atoms with E-state index >= 15 is 0 Å². The van der Waals surface area contributed by atoms with Crippen LogP contribution < -0.4 is 10.5 Å². The number of carboxylic acid groups (broad SMARTS) is 2. The van der Waals surface area contributed by atoms with Crippen LogP contribution >= 0.6 is 0 Å². The molecule has 6 heteroatoms. The van der Waals surface area contributed by atoms with Crippen molar-refractivity contribution in [1.82, 2.24) is 0 Å². The van der Waals surface area contributed by atoms with E-state index in [2.05, 4.69) is 0 Å². The van der Waals surface area contributed by atoms with Crippen LogP contribution in [0.2, 0.25) is 0 Å². The largest absolute Gasteiger partial charge is 0.479 e. The molecule has 0 saturated heterocycles. The Balaban J connectivity index is 3.02. The van der Waals surface area contributed by atoms with Gasteiger partial charge in [0.1, 0.15) is 5.56 Å². The first-order valence-corrected chi connectivity index (χ1v) is 3.98. The Morgan fingerprint density at radius 2 is 2.00 bits per heavy atom. The van der Waals surface area contributed by atoms with Crippen LogP contribution in [0.5, 0.6) is 5.75 Å². The maximum atomic E-state index is 10.7. The summed E-state index contributed by atoms with van der Waals surface area (Å²) in [6, 6.07) is 4.17. The number of rotatable bonds is 4. The predicted octanol–water partition coefficient (Wildman–Crippen LogP) is 0.430. The third kappa shape index (κ3) is 2.60. The summed E-state index contributed by atoms with van der Waals surface area (Å²) in [5, 5.41) is 17.2. The van der Waals surface area contributed by atoms with E-state index in [1.165, 1.54) is 18.2 Å². The van der Waals surface area contributed by atoms with Gasteiger partial charge in [0.2, 0.25) is 0 Å². The molecule has 0 aliphatic heterocycles. The standard InChI is InChI=1S/C9H9NO5/c10-6-3-1-2-5(9(13)14)8(6)15-4-7(11)12/h1-3H,4,10H2,(H,11,12)(H,13,14). The van der Waals surface area contributed by atoms with Crippen LogP contribution in [0.15, 0.2) is 18.2 Å². The highest BCUT2D eigenvalue weighted by atomic mass is 16.5. The normalized spacial score (nSPS) is 9.60. The molecule has 0 aromatic heterocycles. The Labute approximate surface area is 84.9 Å². The molecule has 6 nitrogen and oxygen atoms in total. The second kappa shape index (κ2) is 4.32. The van der Waals surface area contributed by atoms with Gasteiger partial charge in [0.25, 0.3) is 0 Å². The van der Waals surface area contributed by atoms with Gasteiger partial charge in [-0.3, -0.25) is 0 Å². The molecule has 15 heavy (non-hydrogen) atoms. The Bertz CT molecular complexity index is 401. The van der Waals surface area contributed by atoms with Gasteiger partial charge in [0.15, 0.2) is 12.4 Å². The van der Waals surface area contributed by atoms with Gasteiger partial charge in [-0.25, -0.2) is 9.59 Å². The Kier molecular flexibility index (Phi) is 3.12. The Morgan fingerprint density at radius 1 is 1.33 bits per heavy atom. The molecule has 0 saturated carbocycles. The lowest BCUT2D eigenvalue weighted by Gasteiger charge is -2.09. The summed E-state index contributed by atoms with van der Waals surface area (Å²) >= 11 is 0. The summed E-state index contributed by atoms with van der Waals surface area (Å²) in [6.07, 6.45) is 0. The summed E-state index contributed by atoms with van der Waals surface area (Å²) in [7, 11) is 0. The highest BCUT2D eigenvalue weighted by molar-refractivity contribution is 5.93. The first-order valence-electron chi connectivity index (χ1n) is 3.98. The summed E-state index contributed by atoms with van der Waals surface area (Å²) < 4.78 is 4.79. The number of anilines is 1. The Hall–Kier alpha value is -2.24. The zero-order chi connectivity index (χ0) is 11.4. The molecule has 0 unspecified atom stereocenters. The van der Waals surface area contributed by atoms with Crippen molar-refractivity contribution >= 4 is 17.6 Å². The molecule has 0 aliphatic rings. The van der Waals surface area contributed by atoms with Crippen molar-refractivity contribution in [3.05, 3.63) is 23.8 Å². The number of aliphatic carboxylic acids is 1. The van der Waals surface area contributed by atoms with Gasteiger partial charge in [0.05, 0.1) is 5.69 Å². The lowest BCUT2D eigenvalue weighted by Crippen LogP contribution is -2.13. The molecule has 0 heterocycles. The summed E-state index contributed by atoms with van der Waals surface area (Å²) in [5.41, 5.74) is 5.40. The topological polar surface area (TPSA) is 110 Å². The number of benzene rings is 1. The van der Waals surface area contributed by atoms with Crippen molar-refractivity contribution < 1.29 is 24.5 Å². The van der Waals surface area contributed by atoms with E-state index in [0.717, 1.165) is 0 Å². The van der Waals surface area contributed by atoms with Crippen LogP contribution in [0.1, 0.15) is 10.4 Å². The summed E-state index contributed by atoms with van der Waals surface area (Å²) in [4.78, 5) is 21.0. The summed E-state index contributed by atoms with van der Waals surface area (Å²) in [5.74, 6) is -2.54. The number of aromatic carboxylic acids is 1. The molecule has 80 valence electrons. The SMILES string of the molecule is Nc1cccc(C(=O)O)c1OCC(=O)O. The van der Waals surface area contributed by atoms with E-state index in [1.54, 1.807) is 0 Å². The van der Waals surface area contributed by atoms with Crippen molar-refractivity contribution in [1.29, 1.82) is 0 Å². The molecule has 4 N–H and O–H groups in total. The fourth-order valence-electron chi connectivity index (χ4n) is 1.02. The predicted molar refractivity (Wildman–Crippen MR) is 50.9 cm³/mol. The van der Waals surface area contributed by atoms with Crippen LogP contribution in [-0.2, 0) is 4.79 Å². The van der Waals surface area contributed by atoms with Crippen LogP contribution in [0.3, 0.4) is 0 Å². The lowest BCUT2D eigenvalue weighted by molar-refractivity contribution is -0.139. The van der Waals surface area contributed by atoms with Crippen molar-refractivity contribution in [3.63, 3.8) is 0 Å². The third-order valence-corrected chi connectivity index (χ3v) is 1.62. The molecule has 0 atom stereocenters. The van der Waals surface area contributed by atoms with Gasteiger partial charge < -0.3 is 20.7 Å². The number of carboxylic acids is 2. The van der Waals surface area contributed by atoms with Crippen molar-refractivity contribution in [2.75, 3.05) is 12.3 Å². The van der Waals surface area contributed by atoms with Crippen LogP contribution in [-0.4, -0.2) is 28.8 Å². The molecule has 0 bridgehead atoms. The highest BCUT2D eigenvalue weighted by Gasteiger charge is 2.14. The summed E-state index contributed by atoms with van der Waals surface area (Å²) in [6.45, 7) is -0.630. The fourth-order valence-corrected chi connectivity index (χ4v) is 1.02. The number of para-hydroxylation sites is 1. The maximum absolute atomic E-state index is 10.7. The maximum Gasteiger partial charge on any atom is 0.341 e. The molecular weight excluding hydrogens is 202 g/mol. The van der Waals surface area contributed by atoms with E-state index in [1.807, 2.05) is 0 Å². The lowest BCUT2D eigenvalue weighted by atomic mass is 10.2. The molecule has 0 amide bonds. The van der Waals surface area contributed by atoms with Gasteiger partial charge in [-0.2, -0.15) is 0 Å². The fraction of sp³-hybridized carbons (Fsp3) is 0.111. The molecule has 1 aromatic rings. The van der Waals surface area contributed by atoms with Gasteiger partial charge in [0, 0.05) is 0 Å². The number of carbonyl (C=O) groups is 2. The monoisotopic (exact) mass is 211 g/mol. The molecular formula is C9H9NO5. The average Bonchev–Trinajstić information content (AvgIpc) is 2.15. The second-order valence-corrected chi connectivity index (χ2v) is 2.71. The van der Waals surface area contributed by atoms with Gasteiger partial charge in [-0.1, -0.05) is 6.07 Å². The van der Waals surface area contributed by atoms with E-state index < -0.39 is 18.5 Å². The number of nitrogens with two attached hydrogens (primary N) is 1. The van der Waals surface area contributed by atoms with Crippen molar-refractivity contribution in [2.45, 2.75) is 0 Å². The van der Waals surface area contributed by atoms with Crippen molar-refractivity contribution in [3.8, 4) is 5.75 Å². The third-order valence-electron chi connectivity index (χ3n) is 1.62. The number of ether oxygens (including phenoxy) is 1. The van der Waals surface area contributed by atoms with E-state index in [9.17, 15) is 9.59 Å². The smallest absolute Gasteiger partial charge is 0.341 e.